The highest BCUT2D eigenvalue weighted by Gasteiger charge is 2.13. The van der Waals surface area contributed by atoms with Crippen LogP contribution in [0.15, 0.2) is 77.0 Å². The van der Waals surface area contributed by atoms with Crippen LogP contribution in [0, 0.1) is 0 Å². The maximum atomic E-state index is 12.3. The molecule has 26 heavy (non-hydrogen) atoms. The molecule has 0 saturated carbocycles. The van der Waals surface area contributed by atoms with Gasteiger partial charge in [0.05, 0.1) is 17.9 Å². The number of nitrogens with one attached hydrogen (secondary N) is 2. The Morgan fingerprint density at radius 3 is 2.31 bits per heavy atom. The first-order valence-corrected chi connectivity index (χ1v) is 10.3. The Morgan fingerprint density at radius 1 is 0.923 bits per heavy atom. The van der Waals surface area contributed by atoms with Crippen LogP contribution in [0.25, 0.3) is 0 Å². The maximum Gasteiger partial charge on any atom is 0.261 e. The summed E-state index contributed by atoms with van der Waals surface area (Å²) in [6.07, 6.45) is 0.247. The molecule has 0 spiro atoms. The van der Waals surface area contributed by atoms with Crippen LogP contribution in [0.3, 0.4) is 0 Å². The summed E-state index contributed by atoms with van der Waals surface area (Å²) in [6, 6.07) is 18.9. The third kappa shape index (κ3) is 4.93. The number of carbonyl (C=O) groups is 1. The predicted octanol–water partition coefficient (Wildman–Crippen LogP) is 3.41. The van der Waals surface area contributed by atoms with E-state index in [1.807, 2.05) is 17.5 Å². The van der Waals surface area contributed by atoms with Gasteiger partial charge in [0, 0.05) is 10.6 Å². The van der Waals surface area contributed by atoms with Crippen molar-refractivity contribution in [3.05, 3.63) is 82.6 Å². The zero-order valence-electron chi connectivity index (χ0n) is 13.9. The van der Waals surface area contributed by atoms with E-state index in [1.54, 1.807) is 53.8 Å². The molecule has 0 aliphatic carbocycles. The molecule has 3 rings (SSSR count). The number of amides is 1. The normalized spacial score (nSPS) is 11.1. The van der Waals surface area contributed by atoms with Crippen molar-refractivity contribution in [2.75, 3.05) is 4.72 Å². The van der Waals surface area contributed by atoms with Gasteiger partial charge >= 0.3 is 0 Å². The molecular weight excluding hydrogens is 368 g/mol. The molecule has 0 unspecified atom stereocenters. The SMILES string of the molecule is O=C(Cc1ccc(NS(=O)(=O)c2ccccc2)cc1)NCc1cccs1. The lowest BCUT2D eigenvalue weighted by atomic mass is 10.1. The Bertz CT molecular complexity index is 952. The van der Waals surface area contributed by atoms with E-state index < -0.39 is 10.0 Å². The number of rotatable bonds is 7. The monoisotopic (exact) mass is 386 g/mol. The number of thiophene rings is 1. The molecule has 3 aromatic rings. The fourth-order valence-corrected chi connectivity index (χ4v) is 4.08. The van der Waals surface area contributed by atoms with Gasteiger partial charge in [-0.1, -0.05) is 36.4 Å². The number of hydrogen-bond donors (Lipinski definition) is 2. The largest absolute Gasteiger partial charge is 0.351 e. The zero-order valence-corrected chi connectivity index (χ0v) is 15.5. The van der Waals surface area contributed by atoms with Crippen molar-refractivity contribution in [2.45, 2.75) is 17.9 Å². The van der Waals surface area contributed by atoms with Gasteiger partial charge in [-0.25, -0.2) is 8.42 Å². The van der Waals surface area contributed by atoms with E-state index in [0.717, 1.165) is 10.4 Å². The van der Waals surface area contributed by atoms with Crippen molar-refractivity contribution in [2.24, 2.45) is 0 Å². The van der Waals surface area contributed by atoms with Crippen molar-refractivity contribution in [1.29, 1.82) is 0 Å². The van der Waals surface area contributed by atoms with Crippen LogP contribution in [0.4, 0.5) is 5.69 Å². The minimum atomic E-state index is -3.61. The molecule has 5 nitrogen and oxygen atoms in total. The van der Waals surface area contributed by atoms with E-state index in [1.165, 1.54) is 12.1 Å². The van der Waals surface area contributed by atoms with Crippen molar-refractivity contribution in [3.63, 3.8) is 0 Å². The summed E-state index contributed by atoms with van der Waals surface area (Å²) in [5.74, 6) is -0.0731. The molecular formula is C19H18N2O3S2. The summed E-state index contributed by atoms with van der Waals surface area (Å²) in [6.45, 7) is 0.519. The molecule has 134 valence electrons. The van der Waals surface area contributed by atoms with Crippen LogP contribution in [0.1, 0.15) is 10.4 Å². The molecule has 0 atom stereocenters. The van der Waals surface area contributed by atoms with Crippen LogP contribution in [-0.4, -0.2) is 14.3 Å². The first-order chi connectivity index (χ1) is 12.5. The topological polar surface area (TPSA) is 75.3 Å². The minimum Gasteiger partial charge on any atom is -0.351 e. The highest BCUT2D eigenvalue weighted by Crippen LogP contribution is 2.16. The highest BCUT2D eigenvalue weighted by atomic mass is 32.2. The van der Waals surface area contributed by atoms with E-state index in [0.29, 0.717) is 12.2 Å². The third-order valence-corrected chi connectivity index (χ3v) is 5.94. The van der Waals surface area contributed by atoms with Crippen molar-refractivity contribution in [3.8, 4) is 0 Å². The summed E-state index contributed by atoms with van der Waals surface area (Å²) in [4.78, 5) is 13.3. The summed E-state index contributed by atoms with van der Waals surface area (Å²) in [5, 5.41) is 4.84. The Balaban J connectivity index is 1.57. The molecule has 0 saturated heterocycles. The van der Waals surface area contributed by atoms with Crippen LogP contribution >= 0.6 is 11.3 Å². The van der Waals surface area contributed by atoms with Gasteiger partial charge in [0.1, 0.15) is 0 Å². The first-order valence-electron chi connectivity index (χ1n) is 7.99. The Morgan fingerprint density at radius 2 is 1.65 bits per heavy atom. The fourth-order valence-electron chi connectivity index (χ4n) is 2.35. The van der Waals surface area contributed by atoms with Gasteiger partial charge in [-0.15, -0.1) is 11.3 Å². The second-order valence-corrected chi connectivity index (χ2v) is 8.36. The molecule has 2 aromatic carbocycles. The molecule has 0 bridgehead atoms. The molecule has 0 fully saturated rings. The summed E-state index contributed by atoms with van der Waals surface area (Å²) in [5.41, 5.74) is 1.27. The van der Waals surface area contributed by atoms with E-state index in [-0.39, 0.29) is 17.2 Å². The number of benzene rings is 2. The van der Waals surface area contributed by atoms with E-state index in [2.05, 4.69) is 10.0 Å². The van der Waals surface area contributed by atoms with Gasteiger partial charge < -0.3 is 5.32 Å². The summed E-state index contributed by atoms with van der Waals surface area (Å²) < 4.78 is 27.1. The number of sulfonamides is 1. The summed E-state index contributed by atoms with van der Waals surface area (Å²) in [7, 11) is -3.61. The molecule has 1 amide bonds. The first kappa shape index (κ1) is 18.2. The van der Waals surface area contributed by atoms with Crippen molar-refractivity contribution >= 4 is 33.0 Å². The molecule has 1 heterocycles. The van der Waals surface area contributed by atoms with Crippen LogP contribution in [0.2, 0.25) is 0 Å². The molecule has 0 radical (unpaired) electrons. The van der Waals surface area contributed by atoms with Gasteiger partial charge in [-0.05, 0) is 41.3 Å². The standard InChI is InChI=1S/C19H18N2O3S2/c22-19(20-14-17-5-4-12-25-17)13-15-8-10-16(11-9-15)21-26(23,24)18-6-2-1-3-7-18/h1-12,21H,13-14H2,(H,20,22). The summed E-state index contributed by atoms with van der Waals surface area (Å²) >= 11 is 1.60. The quantitative estimate of drug-likeness (QED) is 0.653. The molecule has 7 heteroatoms. The Kier molecular flexibility index (Phi) is 5.70. The number of hydrogen-bond acceptors (Lipinski definition) is 4. The molecule has 1 aromatic heterocycles. The second-order valence-electron chi connectivity index (χ2n) is 5.65. The smallest absolute Gasteiger partial charge is 0.261 e. The third-order valence-electron chi connectivity index (χ3n) is 3.66. The van der Waals surface area contributed by atoms with Gasteiger partial charge in [0.25, 0.3) is 10.0 Å². The van der Waals surface area contributed by atoms with E-state index >= 15 is 0 Å². The van der Waals surface area contributed by atoms with Gasteiger partial charge in [-0.3, -0.25) is 9.52 Å². The van der Waals surface area contributed by atoms with Crippen molar-refractivity contribution < 1.29 is 13.2 Å². The zero-order chi connectivity index (χ0) is 18.4. The lowest BCUT2D eigenvalue weighted by molar-refractivity contribution is -0.120. The Labute approximate surface area is 156 Å². The average molecular weight is 386 g/mol. The maximum absolute atomic E-state index is 12.3. The van der Waals surface area contributed by atoms with Crippen molar-refractivity contribution in [1.82, 2.24) is 5.32 Å². The predicted molar refractivity (Wildman–Crippen MR) is 104 cm³/mol. The molecule has 0 aliphatic rings. The van der Waals surface area contributed by atoms with Crippen LogP contribution in [-0.2, 0) is 27.8 Å². The van der Waals surface area contributed by atoms with Gasteiger partial charge in [-0.2, -0.15) is 0 Å². The van der Waals surface area contributed by atoms with Crippen LogP contribution < -0.4 is 10.0 Å². The minimum absolute atomic E-state index is 0.0731. The van der Waals surface area contributed by atoms with Gasteiger partial charge in [0.2, 0.25) is 5.91 Å². The Hall–Kier alpha value is -2.64. The van der Waals surface area contributed by atoms with Gasteiger partial charge in [0.15, 0.2) is 0 Å². The fraction of sp³-hybridized carbons (Fsp3) is 0.105. The van der Waals surface area contributed by atoms with E-state index in [9.17, 15) is 13.2 Å². The second kappa shape index (κ2) is 8.16. The molecule has 2 N–H and O–H groups in total. The number of anilines is 1. The van der Waals surface area contributed by atoms with E-state index in [4.69, 9.17) is 0 Å². The average Bonchev–Trinajstić information content (AvgIpc) is 3.16. The lowest BCUT2D eigenvalue weighted by Crippen LogP contribution is -2.24. The van der Waals surface area contributed by atoms with Crippen LogP contribution in [0.5, 0.6) is 0 Å². The molecule has 0 aliphatic heterocycles. The number of carbonyl (C=O) groups excluding carboxylic acids is 1. The highest BCUT2D eigenvalue weighted by molar-refractivity contribution is 7.92. The lowest BCUT2D eigenvalue weighted by Gasteiger charge is -2.09.